The van der Waals surface area contributed by atoms with Crippen LogP contribution in [-0.2, 0) is 7.05 Å². The Labute approximate surface area is 110 Å². The van der Waals surface area contributed by atoms with E-state index in [-0.39, 0.29) is 11.1 Å². The zero-order chi connectivity index (χ0) is 13.3. The van der Waals surface area contributed by atoms with Crippen LogP contribution < -0.4 is 5.32 Å². The van der Waals surface area contributed by atoms with Gasteiger partial charge in [0.05, 0.1) is 17.4 Å². The fourth-order valence-electron chi connectivity index (χ4n) is 1.55. The van der Waals surface area contributed by atoms with Crippen LogP contribution in [-0.4, -0.2) is 20.7 Å². The van der Waals surface area contributed by atoms with Gasteiger partial charge < -0.3 is 5.32 Å². The summed E-state index contributed by atoms with van der Waals surface area (Å²) in [7, 11) is 1.79. The third-order valence-electron chi connectivity index (χ3n) is 2.70. The first kappa shape index (κ1) is 12.6. The number of hydrogen-bond acceptors (Lipinski definition) is 3. The van der Waals surface area contributed by atoms with Crippen molar-refractivity contribution in [1.29, 1.82) is 0 Å². The lowest BCUT2D eigenvalue weighted by molar-refractivity contribution is 0.102. The van der Waals surface area contributed by atoms with Crippen molar-refractivity contribution in [3.05, 3.63) is 40.4 Å². The molecule has 0 saturated heterocycles. The second-order valence-electron chi connectivity index (χ2n) is 4.07. The van der Waals surface area contributed by atoms with Crippen LogP contribution in [0.3, 0.4) is 0 Å². The maximum Gasteiger partial charge on any atom is 0.259 e. The van der Waals surface area contributed by atoms with E-state index in [2.05, 4.69) is 15.4 Å². The number of halogens is 1. The number of hydrogen-bond donors (Lipinski definition) is 1. The summed E-state index contributed by atoms with van der Waals surface area (Å²) in [6.45, 7) is 3.71. The largest absolute Gasteiger partial charge is 0.319 e. The van der Waals surface area contributed by atoms with Crippen molar-refractivity contribution in [2.75, 3.05) is 5.32 Å². The Kier molecular flexibility index (Phi) is 3.34. The second-order valence-corrected chi connectivity index (χ2v) is 4.43. The number of nitrogens with zero attached hydrogens (tertiary/aromatic N) is 3. The molecule has 2 heterocycles. The van der Waals surface area contributed by atoms with Gasteiger partial charge >= 0.3 is 0 Å². The molecule has 6 heteroatoms. The molecule has 0 aromatic carbocycles. The number of nitrogens with one attached hydrogen (secondary N) is 1. The Morgan fingerprint density at radius 2 is 2.11 bits per heavy atom. The highest BCUT2D eigenvalue weighted by Crippen LogP contribution is 2.21. The van der Waals surface area contributed by atoms with Gasteiger partial charge in [-0.15, -0.1) is 0 Å². The van der Waals surface area contributed by atoms with Crippen molar-refractivity contribution in [2.24, 2.45) is 7.05 Å². The molecule has 0 aliphatic carbocycles. The van der Waals surface area contributed by atoms with Gasteiger partial charge in [-0.1, -0.05) is 11.6 Å². The summed E-state index contributed by atoms with van der Waals surface area (Å²) in [5.74, 6) is -0.241. The number of carbonyl (C=O) groups excluding carboxylic acids is 1. The quantitative estimate of drug-likeness (QED) is 0.847. The minimum Gasteiger partial charge on any atom is -0.319 e. The Bertz CT molecular complexity index is 606. The van der Waals surface area contributed by atoms with Crippen LogP contribution in [0.15, 0.2) is 18.5 Å². The van der Waals surface area contributed by atoms with Gasteiger partial charge in [0.1, 0.15) is 0 Å². The van der Waals surface area contributed by atoms with Crippen LogP contribution >= 0.6 is 11.6 Å². The fraction of sp³-hybridized carbons (Fsp3) is 0.250. The predicted molar refractivity (Wildman–Crippen MR) is 69.9 cm³/mol. The standard InChI is InChI=1S/C12H13ClN4O/c1-7-4-10(11(13)14-5-7)16-12(18)9-6-15-17(3)8(9)2/h4-6H,1-3H3,(H,16,18). The average molecular weight is 265 g/mol. The molecule has 1 N–H and O–H groups in total. The number of anilines is 1. The third kappa shape index (κ3) is 2.36. The molecule has 0 aliphatic heterocycles. The van der Waals surface area contributed by atoms with Gasteiger partial charge in [-0.25, -0.2) is 4.98 Å². The van der Waals surface area contributed by atoms with Gasteiger partial charge in [0, 0.05) is 18.9 Å². The van der Waals surface area contributed by atoms with Crippen molar-refractivity contribution in [2.45, 2.75) is 13.8 Å². The first-order chi connectivity index (χ1) is 8.49. The van der Waals surface area contributed by atoms with Crippen molar-refractivity contribution in [1.82, 2.24) is 14.8 Å². The van der Waals surface area contributed by atoms with E-state index in [0.29, 0.717) is 11.3 Å². The molecule has 0 bridgehead atoms. The Morgan fingerprint density at radius 1 is 1.39 bits per heavy atom. The lowest BCUT2D eigenvalue weighted by Gasteiger charge is -2.07. The molecule has 2 rings (SSSR count). The Hall–Kier alpha value is -1.88. The van der Waals surface area contributed by atoms with Gasteiger partial charge in [0.25, 0.3) is 5.91 Å². The van der Waals surface area contributed by atoms with E-state index >= 15 is 0 Å². The minimum absolute atomic E-state index is 0.241. The fourth-order valence-corrected chi connectivity index (χ4v) is 1.70. The predicted octanol–water partition coefficient (Wildman–Crippen LogP) is 2.34. The topological polar surface area (TPSA) is 59.8 Å². The third-order valence-corrected chi connectivity index (χ3v) is 3.01. The van der Waals surface area contributed by atoms with Gasteiger partial charge in [-0.05, 0) is 25.5 Å². The van der Waals surface area contributed by atoms with E-state index in [9.17, 15) is 4.79 Å². The SMILES string of the molecule is Cc1cnc(Cl)c(NC(=O)c2cnn(C)c2C)c1. The highest BCUT2D eigenvalue weighted by molar-refractivity contribution is 6.32. The molecule has 2 aromatic heterocycles. The maximum absolute atomic E-state index is 12.1. The van der Waals surface area contributed by atoms with Crippen LogP contribution in [0.5, 0.6) is 0 Å². The van der Waals surface area contributed by atoms with Gasteiger partial charge in [0.15, 0.2) is 5.15 Å². The van der Waals surface area contributed by atoms with Crippen molar-refractivity contribution < 1.29 is 4.79 Å². The van der Waals surface area contributed by atoms with E-state index in [1.165, 1.54) is 6.20 Å². The molecule has 0 fully saturated rings. The highest BCUT2D eigenvalue weighted by Gasteiger charge is 2.14. The Morgan fingerprint density at radius 3 is 2.72 bits per heavy atom. The minimum atomic E-state index is -0.241. The van der Waals surface area contributed by atoms with Crippen LogP contribution in [0.2, 0.25) is 5.15 Å². The molecule has 0 aliphatic rings. The summed E-state index contributed by atoms with van der Waals surface area (Å²) in [6.07, 6.45) is 3.18. The molecule has 18 heavy (non-hydrogen) atoms. The number of rotatable bonds is 2. The van der Waals surface area contributed by atoms with Crippen LogP contribution in [0.1, 0.15) is 21.6 Å². The summed E-state index contributed by atoms with van der Waals surface area (Å²) in [6, 6.07) is 1.78. The molecule has 0 unspecified atom stereocenters. The van der Waals surface area contributed by atoms with Gasteiger partial charge in [-0.2, -0.15) is 5.10 Å². The first-order valence-electron chi connectivity index (χ1n) is 5.41. The summed E-state index contributed by atoms with van der Waals surface area (Å²) < 4.78 is 1.64. The number of aryl methyl sites for hydroxylation is 2. The number of aromatic nitrogens is 3. The molecular weight excluding hydrogens is 252 g/mol. The first-order valence-corrected chi connectivity index (χ1v) is 5.79. The van der Waals surface area contributed by atoms with Gasteiger partial charge in [-0.3, -0.25) is 9.48 Å². The molecule has 94 valence electrons. The maximum atomic E-state index is 12.1. The summed E-state index contributed by atoms with van der Waals surface area (Å²) in [5, 5.41) is 7.03. The molecule has 0 saturated carbocycles. The van der Waals surface area contributed by atoms with Gasteiger partial charge in [0.2, 0.25) is 0 Å². The Balaban J connectivity index is 2.27. The average Bonchev–Trinajstić information content (AvgIpc) is 2.65. The zero-order valence-electron chi connectivity index (χ0n) is 10.4. The molecule has 5 nitrogen and oxygen atoms in total. The molecular formula is C12H13ClN4O. The molecule has 1 amide bonds. The monoisotopic (exact) mass is 264 g/mol. The normalized spacial score (nSPS) is 10.4. The summed E-state index contributed by atoms with van der Waals surface area (Å²) >= 11 is 5.93. The summed E-state index contributed by atoms with van der Waals surface area (Å²) in [4.78, 5) is 16.0. The van der Waals surface area contributed by atoms with Crippen LogP contribution in [0.25, 0.3) is 0 Å². The number of pyridine rings is 1. The van der Waals surface area contributed by atoms with E-state index in [1.54, 1.807) is 24.0 Å². The molecule has 0 radical (unpaired) electrons. The molecule has 0 spiro atoms. The smallest absolute Gasteiger partial charge is 0.259 e. The number of amides is 1. The van der Waals surface area contributed by atoms with Crippen LogP contribution in [0, 0.1) is 13.8 Å². The van der Waals surface area contributed by atoms with Crippen molar-refractivity contribution >= 4 is 23.2 Å². The van der Waals surface area contributed by atoms with E-state index in [4.69, 9.17) is 11.6 Å². The molecule has 0 atom stereocenters. The van der Waals surface area contributed by atoms with E-state index in [1.807, 2.05) is 13.8 Å². The van der Waals surface area contributed by atoms with Crippen LogP contribution in [0.4, 0.5) is 5.69 Å². The van der Waals surface area contributed by atoms with Crippen molar-refractivity contribution in [3.63, 3.8) is 0 Å². The van der Waals surface area contributed by atoms with Crippen molar-refractivity contribution in [3.8, 4) is 0 Å². The van der Waals surface area contributed by atoms with E-state index < -0.39 is 0 Å². The lowest BCUT2D eigenvalue weighted by Crippen LogP contribution is -2.13. The second kappa shape index (κ2) is 4.78. The van der Waals surface area contributed by atoms with E-state index in [0.717, 1.165) is 11.3 Å². The molecule has 2 aromatic rings. The number of carbonyl (C=O) groups is 1. The zero-order valence-corrected chi connectivity index (χ0v) is 11.1. The lowest BCUT2D eigenvalue weighted by atomic mass is 10.2. The summed E-state index contributed by atoms with van der Waals surface area (Å²) in [5.41, 5.74) is 2.75. The highest BCUT2D eigenvalue weighted by atomic mass is 35.5.